The number of alkyl halides is 3. The normalized spacial score (nSPS) is 15.4. The van der Waals surface area contributed by atoms with Gasteiger partial charge in [-0.05, 0) is 25.0 Å². The van der Waals surface area contributed by atoms with Crippen LogP contribution in [0.15, 0.2) is 29.6 Å². The first kappa shape index (κ1) is 24.0. The summed E-state index contributed by atoms with van der Waals surface area (Å²) in [6.45, 7) is 1.88. The van der Waals surface area contributed by atoms with Crippen molar-refractivity contribution in [1.29, 1.82) is 0 Å². The average Bonchev–Trinajstić information content (AvgIpc) is 3.25. The number of likely N-dealkylation sites (tertiary alicyclic amines) is 1. The summed E-state index contributed by atoms with van der Waals surface area (Å²) in [5, 5.41) is 5.13. The molecule has 0 spiro atoms. The number of piperidine rings is 1. The molecule has 1 saturated heterocycles. The Morgan fingerprint density at radius 2 is 1.91 bits per heavy atom. The van der Waals surface area contributed by atoms with Crippen LogP contribution in [-0.4, -0.2) is 66.6 Å². The molecule has 1 N–H and O–H groups in total. The lowest BCUT2D eigenvalue weighted by atomic mass is 10.0. The molecule has 7 nitrogen and oxygen atoms in total. The van der Waals surface area contributed by atoms with Crippen LogP contribution in [0.25, 0.3) is 11.3 Å². The summed E-state index contributed by atoms with van der Waals surface area (Å²) in [4.78, 5) is 31.6. The maximum absolute atomic E-state index is 12.7. The van der Waals surface area contributed by atoms with Gasteiger partial charge in [-0.25, -0.2) is 9.78 Å². The Morgan fingerprint density at radius 3 is 2.50 bits per heavy atom. The Balaban J connectivity index is 1.49. The van der Waals surface area contributed by atoms with Gasteiger partial charge in [-0.1, -0.05) is 12.1 Å². The number of nitrogens with one attached hydrogen (secondary N) is 1. The molecule has 0 bridgehead atoms. The number of nitrogens with zero attached hydrogens (tertiary/aromatic N) is 3. The van der Waals surface area contributed by atoms with E-state index in [9.17, 15) is 22.8 Å². The average molecular weight is 471 g/mol. The Bertz CT molecular complexity index is 925. The van der Waals surface area contributed by atoms with Gasteiger partial charge in [0.2, 0.25) is 0 Å². The largest absolute Gasteiger partial charge is 0.439 e. The number of ether oxygens (including phenoxy) is 1. The quantitative estimate of drug-likeness (QED) is 0.698. The minimum atomic E-state index is -4.35. The van der Waals surface area contributed by atoms with Crippen molar-refractivity contribution in [3.05, 3.63) is 40.2 Å². The summed E-state index contributed by atoms with van der Waals surface area (Å²) in [6, 6.07) is 5.03. The van der Waals surface area contributed by atoms with E-state index in [-0.39, 0.29) is 18.6 Å². The van der Waals surface area contributed by atoms with Gasteiger partial charge in [0.15, 0.2) is 6.61 Å². The molecular weight excluding hydrogens is 445 g/mol. The highest BCUT2D eigenvalue weighted by Gasteiger charge is 2.30. The van der Waals surface area contributed by atoms with E-state index in [0.717, 1.165) is 43.1 Å². The third-order valence-electron chi connectivity index (χ3n) is 5.42. The number of thiazole rings is 1. The molecule has 1 aliphatic heterocycles. The fourth-order valence-electron chi connectivity index (χ4n) is 3.45. The number of carbonyl (C=O) groups excluding carboxylic acids is 2. The van der Waals surface area contributed by atoms with Gasteiger partial charge < -0.3 is 15.0 Å². The van der Waals surface area contributed by atoms with E-state index in [4.69, 9.17) is 4.74 Å². The van der Waals surface area contributed by atoms with Gasteiger partial charge >= 0.3 is 12.3 Å². The van der Waals surface area contributed by atoms with Crippen LogP contribution >= 0.6 is 11.3 Å². The predicted molar refractivity (Wildman–Crippen MR) is 114 cm³/mol. The lowest BCUT2D eigenvalue weighted by molar-refractivity contribution is -0.137. The molecule has 1 aromatic heterocycles. The third-order valence-corrected chi connectivity index (χ3v) is 6.25. The number of rotatable bonds is 6. The van der Waals surface area contributed by atoms with Crippen molar-refractivity contribution in [3.8, 4) is 11.3 Å². The van der Waals surface area contributed by atoms with Crippen LogP contribution in [0.4, 0.5) is 18.0 Å². The standard InChI is InChI=1S/C21H25F3N4O3S/c1-25-18(29)12-31-20(30)27(2)16-7-9-28(10-8-16)11-19-26-17(13-32-19)14-3-5-15(6-4-14)21(22,23)24/h3-6,13,16H,7-12H2,1-2H3,(H,25,29). The summed E-state index contributed by atoms with van der Waals surface area (Å²) in [5.41, 5.74) is 0.630. The van der Waals surface area contributed by atoms with Crippen LogP contribution in [0.2, 0.25) is 0 Å². The SMILES string of the molecule is CNC(=O)COC(=O)N(C)C1CCN(Cc2nc(-c3ccc(C(F)(F)F)cc3)cs2)CC1. The number of benzene rings is 1. The van der Waals surface area contributed by atoms with E-state index in [2.05, 4.69) is 15.2 Å². The molecule has 2 aromatic rings. The number of likely N-dealkylation sites (N-methyl/N-ethyl adjacent to an activating group) is 1. The molecule has 11 heteroatoms. The van der Waals surface area contributed by atoms with Crippen molar-refractivity contribution < 1.29 is 27.5 Å². The van der Waals surface area contributed by atoms with Gasteiger partial charge in [0.1, 0.15) is 5.01 Å². The molecule has 32 heavy (non-hydrogen) atoms. The Morgan fingerprint density at radius 1 is 1.25 bits per heavy atom. The summed E-state index contributed by atoms with van der Waals surface area (Å²) in [7, 11) is 3.15. The third kappa shape index (κ3) is 6.19. The highest BCUT2D eigenvalue weighted by Crippen LogP contribution is 2.31. The summed E-state index contributed by atoms with van der Waals surface area (Å²) >= 11 is 1.47. The molecule has 1 aliphatic rings. The Labute approximate surface area is 188 Å². The van der Waals surface area contributed by atoms with E-state index in [0.29, 0.717) is 17.8 Å². The Kier molecular flexibility index (Phi) is 7.73. The van der Waals surface area contributed by atoms with Crippen LogP contribution in [0.3, 0.4) is 0 Å². The predicted octanol–water partition coefficient (Wildman–Crippen LogP) is 3.61. The monoisotopic (exact) mass is 470 g/mol. The molecule has 0 atom stereocenters. The number of hydrogen-bond donors (Lipinski definition) is 1. The number of amides is 2. The Hall–Kier alpha value is -2.66. The van der Waals surface area contributed by atoms with Gasteiger partial charge in [0.05, 0.1) is 17.8 Å². The molecular formula is C21H25F3N4O3S. The topological polar surface area (TPSA) is 74.8 Å². The molecule has 1 fully saturated rings. The molecule has 2 amide bonds. The summed E-state index contributed by atoms with van der Waals surface area (Å²) < 4.78 is 43.2. The molecule has 174 valence electrons. The second-order valence-corrected chi connectivity index (χ2v) is 8.49. The molecule has 3 rings (SSSR count). The van der Waals surface area contributed by atoms with Crippen molar-refractivity contribution in [2.75, 3.05) is 33.8 Å². The number of hydrogen-bond acceptors (Lipinski definition) is 6. The molecule has 0 unspecified atom stereocenters. The minimum absolute atomic E-state index is 0.0300. The fraction of sp³-hybridized carbons (Fsp3) is 0.476. The van der Waals surface area contributed by atoms with Crippen LogP contribution in [-0.2, 0) is 22.3 Å². The van der Waals surface area contributed by atoms with Crippen molar-refractivity contribution in [2.24, 2.45) is 0 Å². The second-order valence-electron chi connectivity index (χ2n) is 7.55. The molecule has 0 aliphatic carbocycles. The number of aromatic nitrogens is 1. The zero-order valence-corrected chi connectivity index (χ0v) is 18.6. The molecule has 2 heterocycles. The summed E-state index contributed by atoms with van der Waals surface area (Å²) in [5.74, 6) is -0.360. The second kappa shape index (κ2) is 10.3. The number of halogens is 3. The fourth-order valence-corrected chi connectivity index (χ4v) is 4.30. The first-order chi connectivity index (χ1) is 15.2. The van der Waals surface area contributed by atoms with Gasteiger partial charge in [-0.15, -0.1) is 11.3 Å². The van der Waals surface area contributed by atoms with Crippen molar-refractivity contribution in [2.45, 2.75) is 31.6 Å². The van der Waals surface area contributed by atoms with E-state index in [1.54, 1.807) is 7.05 Å². The van der Waals surface area contributed by atoms with Crippen molar-refractivity contribution in [1.82, 2.24) is 20.1 Å². The highest BCUT2D eigenvalue weighted by molar-refractivity contribution is 7.09. The van der Waals surface area contributed by atoms with E-state index >= 15 is 0 Å². The lowest BCUT2D eigenvalue weighted by Gasteiger charge is -2.35. The van der Waals surface area contributed by atoms with Crippen LogP contribution in [0, 0.1) is 0 Å². The van der Waals surface area contributed by atoms with E-state index in [1.807, 2.05) is 5.38 Å². The molecule has 1 aromatic carbocycles. The van der Waals surface area contributed by atoms with Crippen LogP contribution in [0.5, 0.6) is 0 Å². The van der Waals surface area contributed by atoms with Crippen LogP contribution < -0.4 is 5.32 Å². The molecule has 0 radical (unpaired) electrons. The zero-order chi connectivity index (χ0) is 23.3. The number of carbonyl (C=O) groups is 2. The molecule has 0 saturated carbocycles. The first-order valence-corrected chi connectivity index (χ1v) is 11.0. The van der Waals surface area contributed by atoms with E-state index in [1.165, 1.54) is 35.4 Å². The lowest BCUT2D eigenvalue weighted by Crippen LogP contribution is -2.46. The smallest absolute Gasteiger partial charge is 0.416 e. The first-order valence-electron chi connectivity index (χ1n) is 10.1. The van der Waals surface area contributed by atoms with Gasteiger partial charge in [0.25, 0.3) is 5.91 Å². The maximum Gasteiger partial charge on any atom is 0.416 e. The minimum Gasteiger partial charge on any atom is -0.439 e. The van der Waals surface area contributed by atoms with Crippen molar-refractivity contribution >= 4 is 23.3 Å². The van der Waals surface area contributed by atoms with Crippen molar-refractivity contribution in [3.63, 3.8) is 0 Å². The maximum atomic E-state index is 12.7. The van der Waals surface area contributed by atoms with Crippen LogP contribution in [0.1, 0.15) is 23.4 Å². The highest BCUT2D eigenvalue weighted by atomic mass is 32.1. The van der Waals surface area contributed by atoms with Gasteiger partial charge in [-0.3, -0.25) is 9.69 Å². The zero-order valence-electron chi connectivity index (χ0n) is 17.8. The van der Waals surface area contributed by atoms with Gasteiger partial charge in [0, 0.05) is 44.2 Å². The summed E-state index contributed by atoms with van der Waals surface area (Å²) in [6.07, 6.45) is -3.34. The van der Waals surface area contributed by atoms with Gasteiger partial charge in [-0.2, -0.15) is 13.2 Å². The van der Waals surface area contributed by atoms with E-state index < -0.39 is 17.8 Å².